The smallest absolute Gasteiger partial charge is 0.257 e. The van der Waals surface area contributed by atoms with Gasteiger partial charge in [0.2, 0.25) is 5.88 Å². The number of methoxy groups -OCH3 is 1. The molecule has 2 aromatic rings. The number of aryl methyl sites for hydroxylation is 2. The van der Waals surface area contributed by atoms with E-state index in [9.17, 15) is 9.18 Å². The van der Waals surface area contributed by atoms with Gasteiger partial charge in [-0.2, -0.15) is 0 Å². The summed E-state index contributed by atoms with van der Waals surface area (Å²) in [5.41, 5.74) is 3.93. The van der Waals surface area contributed by atoms with E-state index in [0.717, 1.165) is 41.7 Å². The molecule has 0 bridgehead atoms. The van der Waals surface area contributed by atoms with Gasteiger partial charge in [0, 0.05) is 11.2 Å². The van der Waals surface area contributed by atoms with Crippen molar-refractivity contribution in [2.24, 2.45) is 0 Å². The second kappa shape index (κ2) is 8.13. The number of carbonyl (C=O) groups excluding carboxylic acids is 1. The summed E-state index contributed by atoms with van der Waals surface area (Å²) in [5, 5.41) is 3.16. The summed E-state index contributed by atoms with van der Waals surface area (Å²) >= 11 is 0. The van der Waals surface area contributed by atoms with Crippen LogP contribution >= 0.6 is 0 Å². The number of nitrogens with zero attached hydrogens (tertiary/aromatic N) is 1. The van der Waals surface area contributed by atoms with Crippen LogP contribution in [0.15, 0.2) is 42.5 Å². The predicted octanol–water partition coefficient (Wildman–Crippen LogP) is 4.42. The molecule has 1 N–H and O–H groups in total. The Morgan fingerprint density at radius 3 is 2.68 bits per heavy atom. The van der Waals surface area contributed by atoms with Gasteiger partial charge in [-0.05, 0) is 75.3 Å². The molecule has 4 nitrogen and oxygen atoms in total. The van der Waals surface area contributed by atoms with E-state index in [1.165, 1.54) is 19.2 Å². The van der Waals surface area contributed by atoms with Gasteiger partial charge in [-0.3, -0.25) is 4.79 Å². The van der Waals surface area contributed by atoms with Crippen molar-refractivity contribution in [3.05, 3.63) is 70.7 Å². The van der Waals surface area contributed by atoms with Crippen LogP contribution in [0.2, 0.25) is 0 Å². The molecule has 1 aliphatic rings. The molecule has 28 heavy (non-hydrogen) atoms. The van der Waals surface area contributed by atoms with Gasteiger partial charge in [0.05, 0.1) is 7.11 Å². The van der Waals surface area contributed by atoms with Crippen molar-refractivity contribution in [1.82, 2.24) is 10.3 Å². The Morgan fingerprint density at radius 2 is 2.04 bits per heavy atom. The number of pyridine rings is 1. The Hall–Kier alpha value is -2.69. The quantitative estimate of drug-likeness (QED) is 0.722. The number of carbonyl (C=O) groups is 1. The average Bonchev–Trinajstić information content (AvgIpc) is 3.09. The van der Waals surface area contributed by atoms with Gasteiger partial charge in [-0.25, -0.2) is 9.37 Å². The van der Waals surface area contributed by atoms with E-state index in [1.807, 2.05) is 19.9 Å². The highest BCUT2D eigenvalue weighted by Crippen LogP contribution is 2.28. The van der Waals surface area contributed by atoms with Crippen molar-refractivity contribution in [3.63, 3.8) is 0 Å². The summed E-state index contributed by atoms with van der Waals surface area (Å²) in [7, 11) is 1.53. The van der Waals surface area contributed by atoms with Crippen LogP contribution in [0.5, 0.6) is 5.88 Å². The van der Waals surface area contributed by atoms with Crippen LogP contribution in [0.1, 0.15) is 53.9 Å². The number of nitrogens with one attached hydrogen (secondary N) is 1. The molecule has 0 aliphatic heterocycles. The van der Waals surface area contributed by atoms with Crippen LogP contribution in [0.4, 0.5) is 4.39 Å². The fourth-order valence-corrected chi connectivity index (χ4v) is 3.98. The fraction of sp³-hybridized carbons (Fsp3) is 0.391. The zero-order chi connectivity index (χ0) is 20.3. The molecule has 0 saturated carbocycles. The minimum atomic E-state index is -0.565. The van der Waals surface area contributed by atoms with E-state index in [4.69, 9.17) is 4.74 Å². The van der Waals surface area contributed by atoms with Crippen LogP contribution in [0.25, 0.3) is 0 Å². The van der Waals surface area contributed by atoms with Gasteiger partial charge in [0.15, 0.2) is 0 Å². The molecule has 0 saturated heterocycles. The largest absolute Gasteiger partial charge is 0.480 e. The normalized spacial score (nSPS) is 14.9. The Balaban J connectivity index is 1.87. The Morgan fingerprint density at radius 1 is 1.32 bits per heavy atom. The first-order chi connectivity index (χ1) is 13.3. The molecule has 1 amide bonds. The van der Waals surface area contributed by atoms with E-state index in [1.54, 1.807) is 12.1 Å². The maximum Gasteiger partial charge on any atom is 0.257 e. The maximum atomic E-state index is 13.2. The minimum Gasteiger partial charge on any atom is -0.480 e. The monoisotopic (exact) mass is 382 g/mol. The summed E-state index contributed by atoms with van der Waals surface area (Å²) < 4.78 is 18.6. The Bertz CT molecular complexity index is 892. The molecule has 1 unspecified atom stereocenters. The molecule has 1 aromatic heterocycles. The first kappa shape index (κ1) is 20.1. The van der Waals surface area contributed by atoms with Crippen molar-refractivity contribution in [3.8, 4) is 5.88 Å². The number of hydrogen-bond donors (Lipinski definition) is 1. The van der Waals surface area contributed by atoms with Gasteiger partial charge in [0.25, 0.3) is 5.91 Å². The van der Waals surface area contributed by atoms with Crippen LogP contribution < -0.4 is 10.1 Å². The van der Waals surface area contributed by atoms with Crippen LogP contribution in [-0.2, 0) is 19.3 Å². The Labute approximate surface area is 165 Å². The van der Waals surface area contributed by atoms with Crippen molar-refractivity contribution in [2.45, 2.75) is 51.5 Å². The molecular weight excluding hydrogens is 355 g/mol. The van der Waals surface area contributed by atoms with Gasteiger partial charge in [-0.15, -0.1) is 6.58 Å². The average molecular weight is 382 g/mol. The molecule has 1 heterocycles. The number of amides is 1. The van der Waals surface area contributed by atoms with E-state index >= 15 is 0 Å². The van der Waals surface area contributed by atoms with Crippen molar-refractivity contribution in [1.29, 1.82) is 0 Å². The lowest BCUT2D eigenvalue weighted by Gasteiger charge is -2.32. The predicted molar refractivity (Wildman–Crippen MR) is 108 cm³/mol. The first-order valence-corrected chi connectivity index (χ1v) is 9.58. The van der Waals surface area contributed by atoms with Gasteiger partial charge < -0.3 is 10.1 Å². The summed E-state index contributed by atoms with van der Waals surface area (Å²) in [6.07, 6.45) is 4.08. The molecule has 0 fully saturated rings. The Kier molecular flexibility index (Phi) is 5.82. The second-order valence-electron chi connectivity index (χ2n) is 7.96. The van der Waals surface area contributed by atoms with E-state index < -0.39 is 5.54 Å². The van der Waals surface area contributed by atoms with E-state index in [-0.39, 0.29) is 11.7 Å². The van der Waals surface area contributed by atoms with Crippen LogP contribution in [-0.4, -0.2) is 23.5 Å². The molecule has 1 aromatic carbocycles. The highest BCUT2D eigenvalue weighted by Gasteiger charge is 2.30. The standard InChI is InChI=1S/C23H27FN2O2/c1-15(2)13-23(3,14-16-8-10-18(24)11-9-16)26-21(27)19-12-17-6-5-7-20(17)25-22(19)28-4/h8-12H,1,5-7,13-14H2,2-4H3,(H,26,27). The van der Waals surface area contributed by atoms with Gasteiger partial charge in [-0.1, -0.05) is 17.7 Å². The van der Waals surface area contributed by atoms with Crippen molar-refractivity contribution < 1.29 is 13.9 Å². The first-order valence-electron chi connectivity index (χ1n) is 9.58. The van der Waals surface area contributed by atoms with Crippen LogP contribution in [0, 0.1) is 5.82 Å². The lowest BCUT2D eigenvalue weighted by atomic mass is 9.86. The topological polar surface area (TPSA) is 51.2 Å². The summed E-state index contributed by atoms with van der Waals surface area (Å²) in [6.45, 7) is 7.93. The number of benzene rings is 1. The molecule has 1 atom stereocenters. The van der Waals surface area contributed by atoms with Crippen LogP contribution in [0.3, 0.4) is 0 Å². The molecule has 148 valence electrons. The lowest BCUT2D eigenvalue weighted by molar-refractivity contribution is 0.0901. The molecule has 5 heteroatoms. The summed E-state index contributed by atoms with van der Waals surface area (Å²) in [5.74, 6) is -0.133. The van der Waals surface area contributed by atoms with Gasteiger partial charge in [0.1, 0.15) is 11.4 Å². The third-order valence-corrected chi connectivity index (χ3v) is 5.07. The van der Waals surface area contributed by atoms with Crippen molar-refractivity contribution >= 4 is 5.91 Å². The highest BCUT2D eigenvalue weighted by atomic mass is 19.1. The van der Waals surface area contributed by atoms with Crippen molar-refractivity contribution in [2.75, 3.05) is 7.11 Å². The van der Waals surface area contributed by atoms with Gasteiger partial charge >= 0.3 is 0 Å². The summed E-state index contributed by atoms with van der Waals surface area (Å²) in [4.78, 5) is 17.7. The summed E-state index contributed by atoms with van der Waals surface area (Å²) in [6, 6.07) is 8.27. The SMILES string of the molecule is C=C(C)CC(C)(Cc1ccc(F)cc1)NC(=O)c1cc2c(nc1OC)CCC2. The number of hydrogen-bond acceptors (Lipinski definition) is 3. The third kappa shape index (κ3) is 4.58. The maximum absolute atomic E-state index is 13.2. The molecule has 3 rings (SSSR count). The number of rotatable bonds is 7. The minimum absolute atomic E-state index is 0.218. The number of halogens is 1. The van der Waals surface area contributed by atoms with E-state index in [2.05, 4.69) is 16.9 Å². The molecule has 0 spiro atoms. The molecule has 1 aliphatic carbocycles. The second-order valence-corrected chi connectivity index (χ2v) is 7.96. The zero-order valence-corrected chi connectivity index (χ0v) is 16.8. The number of aromatic nitrogens is 1. The number of ether oxygens (including phenoxy) is 1. The van der Waals surface area contributed by atoms with E-state index in [0.29, 0.717) is 24.3 Å². The zero-order valence-electron chi connectivity index (χ0n) is 16.8. The molecule has 0 radical (unpaired) electrons. The fourth-order valence-electron chi connectivity index (χ4n) is 3.98. The number of fused-ring (bicyclic) bond motifs is 1. The molecular formula is C23H27FN2O2. The highest BCUT2D eigenvalue weighted by molar-refractivity contribution is 5.97. The lowest BCUT2D eigenvalue weighted by Crippen LogP contribution is -2.48. The third-order valence-electron chi connectivity index (χ3n) is 5.07.